The van der Waals surface area contributed by atoms with E-state index in [0.29, 0.717) is 10.7 Å². The molecule has 2 N–H and O–H groups in total. The molecule has 27 heavy (non-hydrogen) atoms. The third-order valence-electron chi connectivity index (χ3n) is 3.64. The van der Waals surface area contributed by atoms with Gasteiger partial charge >= 0.3 is 5.97 Å². The van der Waals surface area contributed by atoms with Gasteiger partial charge in [0.2, 0.25) is 0 Å². The van der Waals surface area contributed by atoms with Gasteiger partial charge in [-0.15, -0.1) is 0 Å². The van der Waals surface area contributed by atoms with Crippen LogP contribution in [0.4, 0.5) is 5.69 Å². The number of halogens is 2. The summed E-state index contributed by atoms with van der Waals surface area (Å²) < 4.78 is 4.94. The Labute approximate surface area is 166 Å². The van der Waals surface area contributed by atoms with Gasteiger partial charge in [-0.05, 0) is 43.7 Å². The van der Waals surface area contributed by atoms with Crippen LogP contribution in [0.2, 0.25) is 10.0 Å². The van der Waals surface area contributed by atoms with Crippen molar-refractivity contribution in [1.29, 1.82) is 0 Å². The van der Waals surface area contributed by atoms with Crippen molar-refractivity contribution < 1.29 is 19.1 Å². The van der Waals surface area contributed by atoms with Crippen molar-refractivity contribution in [2.45, 2.75) is 19.9 Å². The number of carbonyl (C=O) groups excluding carboxylic acids is 3. The molecule has 8 heteroatoms. The number of anilines is 1. The van der Waals surface area contributed by atoms with Crippen LogP contribution in [0.25, 0.3) is 0 Å². The lowest BCUT2D eigenvalue weighted by Crippen LogP contribution is -2.40. The zero-order valence-corrected chi connectivity index (χ0v) is 16.2. The van der Waals surface area contributed by atoms with Gasteiger partial charge in [-0.3, -0.25) is 9.59 Å². The molecule has 0 aromatic heterocycles. The first-order valence-corrected chi connectivity index (χ1v) is 8.81. The van der Waals surface area contributed by atoms with Crippen LogP contribution in [0.15, 0.2) is 42.5 Å². The van der Waals surface area contributed by atoms with Gasteiger partial charge in [-0.25, -0.2) is 4.79 Å². The molecule has 0 aliphatic rings. The highest BCUT2D eigenvalue weighted by atomic mass is 35.5. The summed E-state index contributed by atoms with van der Waals surface area (Å²) in [5.74, 6) is -1.77. The van der Waals surface area contributed by atoms with E-state index in [2.05, 4.69) is 10.6 Å². The molecule has 2 amide bonds. The average Bonchev–Trinajstić information content (AvgIpc) is 2.63. The number of nitrogens with one attached hydrogen (secondary N) is 2. The third-order valence-corrected chi connectivity index (χ3v) is 4.20. The zero-order valence-electron chi connectivity index (χ0n) is 14.7. The zero-order chi connectivity index (χ0) is 20.0. The Morgan fingerprint density at radius 1 is 1.11 bits per heavy atom. The Bertz CT molecular complexity index is 871. The molecule has 0 fully saturated rings. The Balaban J connectivity index is 1.85. The Kier molecular flexibility index (Phi) is 7.21. The molecular weight excluding hydrogens is 391 g/mol. The topological polar surface area (TPSA) is 84.5 Å². The van der Waals surface area contributed by atoms with E-state index in [1.54, 1.807) is 36.4 Å². The third kappa shape index (κ3) is 5.98. The number of rotatable bonds is 6. The van der Waals surface area contributed by atoms with E-state index in [-0.39, 0.29) is 10.6 Å². The van der Waals surface area contributed by atoms with Gasteiger partial charge in [0.25, 0.3) is 11.8 Å². The number of ether oxygens (including phenoxy) is 1. The highest BCUT2D eigenvalue weighted by Gasteiger charge is 2.20. The SMILES string of the molecule is Cc1ccc(Cl)cc1NC(=O)COC(=O)[C@H](C)NC(=O)c1ccccc1Cl. The number of hydrogen-bond acceptors (Lipinski definition) is 4. The van der Waals surface area contributed by atoms with Gasteiger partial charge in [0.1, 0.15) is 6.04 Å². The fourth-order valence-electron chi connectivity index (χ4n) is 2.16. The van der Waals surface area contributed by atoms with E-state index >= 15 is 0 Å². The number of amides is 2. The van der Waals surface area contributed by atoms with E-state index in [0.717, 1.165) is 5.56 Å². The van der Waals surface area contributed by atoms with E-state index in [1.165, 1.54) is 13.0 Å². The predicted octanol–water partition coefficient (Wildman–Crippen LogP) is 3.60. The number of benzene rings is 2. The molecular formula is C19H18Cl2N2O4. The summed E-state index contributed by atoms with van der Waals surface area (Å²) in [7, 11) is 0. The molecule has 0 unspecified atom stereocenters. The van der Waals surface area contributed by atoms with Crippen molar-refractivity contribution in [2.24, 2.45) is 0 Å². The highest BCUT2D eigenvalue weighted by Crippen LogP contribution is 2.20. The van der Waals surface area contributed by atoms with Crippen LogP contribution in [-0.2, 0) is 14.3 Å². The molecule has 1 atom stereocenters. The first kappa shape index (κ1) is 20.7. The molecule has 0 radical (unpaired) electrons. The quantitative estimate of drug-likeness (QED) is 0.714. The highest BCUT2D eigenvalue weighted by molar-refractivity contribution is 6.33. The lowest BCUT2D eigenvalue weighted by atomic mass is 10.2. The Morgan fingerprint density at radius 3 is 2.52 bits per heavy atom. The molecule has 2 rings (SSSR count). The van der Waals surface area contributed by atoms with Gasteiger partial charge < -0.3 is 15.4 Å². The maximum Gasteiger partial charge on any atom is 0.328 e. The van der Waals surface area contributed by atoms with Gasteiger partial charge in [0.15, 0.2) is 6.61 Å². The molecule has 142 valence electrons. The van der Waals surface area contributed by atoms with Crippen molar-refractivity contribution in [2.75, 3.05) is 11.9 Å². The molecule has 0 bridgehead atoms. The monoisotopic (exact) mass is 408 g/mol. The van der Waals surface area contributed by atoms with Crippen molar-refractivity contribution in [3.05, 3.63) is 63.6 Å². The van der Waals surface area contributed by atoms with E-state index in [9.17, 15) is 14.4 Å². The lowest BCUT2D eigenvalue weighted by Gasteiger charge is -2.14. The molecule has 0 aliphatic heterocycles. The van der Waals surface area contributed by atoms with E-state index in [1.807, 2.05) is 6.92 Å². The molecule has 0 spiro atoms. The molecule has 0 saturated carbocycles. The fraction of sp³-hybridized carbons (Fsp3) is 0.211. The summed E-state index contributed by atoms with van der Waals surface area (Å²) in [4.78, 5) is 36.1. The van der Waals surface area contributed by atoms with Crippen LogP contribution in [0.5, 0.6) is 0 Å². The second-order valence-electron chi connectivity index (χ2n) is 5.79. The minimum atomic E-state index is -0.950. The van der Waals surface area contributed by atoms with Crippen molar-refractivity contribution in [1.82, 2.24) is 5.32 Å². The van der Waals surface area contributed by atoms with Crippen molar-refractivity contribution >= 4 is 46.7 Å². The Morgan fingerprint density at radius 2 is 1.81 bits per heavy atom. The number of hydrogen-bond donors (Lipinski definition) is 2. The van der Waals surface area contributed by atoms with Gasteiger partial charge in [0, 0.05) is 10.7 Å². The summed E-state index contributed by atoms with van der Waals surface area (Å²) in [6.45, 7) is 2.78. The molecule has 0 aliphatic carbocycles. The second-order valence-corrected chi connectivity index (χ2v) is 6.63. The molecule has 0 heterocycles. The summed E-state index contributed by atoms with van der Waals surface area (Å²) in [5.41, 5.74) is 1.59. The number of carbonyl (C=O) groups is 3. The van der Waals surface area contributed by atoms with Gasteiger partial charge in [-0.1, -0.05) is 41.4 Å². The standard InChI is InChI=1S/C19H18Cl2N2O4/c1-11-7-8-13(20)9-16(11)23-17(24)10-27-19(26)12(2)22-18(25)14-5-3-4-6-15(14)21/h3-9,12H,10H2,1-2H3,(H,22,25)(H,23,24)/t12-/m0/s1. The fourth-order valence-corrected chi connectivity index (χ4v) is 2.55. The summed E-state index contributed by atoms with van der Waals surface area (Å²) in [5, 5.41) is 5.84. The maximum absolute atomic E-state index is 12.1. The lowest BCUT2D eigenvalue weighted by molar-refractivity contribution is -0.148. The van der Waals surface area contributed by atoms with Gasteiger partial charge in [-0.2, -0.15) is 0 Å². The van der Waals surface area contributed by atoms with E-state index < -0.39 is 30.4 Å². The molecule has 6 nitrogen and oxygen atoms in total. The van der Waals surface area contributed by atoms with Crippen LogP contribution in [0.3, 0.4) is 0 Å². The Hall–Kier alpha value is -2.57. The summed E-state index contributed by atoms with van der Waals surface area (Å²) in [6.07, 6.45) is 0. The smallest absolute Gasteiger partial charge is 0.328 e. The first-order chi connectivity index (χ1) is 12.8. The van der Waals surface area contributed by atoms with Crippen molar-refractivity contribution in [3.8, 4) is 0 Å². The molecule has 0 saturated heterocycles. The summed E-state index contributed by atoms with van der Waals surface area (Å²) >= 11 is 11.8. The minimum Gasteiger partial charge on any atom is -0.454 e. The van der Waals surface area contributed by atoms with Gasteiger partial charge in [0.05, 0.1) is 10.6 Å². The van der Waals surface area contributed by atoms with Crippen LogP contribution in [0.1, 0.15) is 22.8 Å². The van der Waals surface area contributed by atoms with E-state index in [4.69, 9.17) is 27.9 Å². The normalized spacial score (nSPS) is 11.4. The largest absolute Gasteiger partial charge is 0.454 e. The first-order valence-electron chi connectivity index (χ1n) is 8.06. The predicted molar refractivity (Wildman–Crippen MR) is 104 cm³/mol. The van der Waals surface area contributed by atoms with Crippen LogP contribution in [0, 0.1) is 6.92 Å². The van der Waals surface area contributed by atoms with Crippen LogP contribution in [-0.4, -0.2) is 30.4 Å². The second kappa shape index (κ2) is 9.39. The summed E-state index contributed by atoms with van der Waals surface area (Å²) in [6, 6.07) is 10.6. The minimum absolute atomic E-state index is 0.244. The molecule has 2 aromatic rings. The maximum atomic E-state index is 12.1. The van der Waals surface area contributed by atoms with Crippen molar-refractivity contribution in [3.63, 3.8) is 0 Å². The van der Waals surface area contributed by atoms with Crippen LogP contribution >= 0.6 is 23.2 Å². The number of esters is 1. The average molecular weight is 409 g/mol. The van der Waals surface area contributed by atoms with Crippen LogP contribution < -0.4 is 10.6 Å². The molecule has 2 aromatic carbocycles. The number of aryl methyl sites for hydroxylation is 1.